The van der Waals surface area contributed by atoms with Crippen LogP contribution in [-0.2, 0) is 6.42 Å². The Kier molecular flexibility index (Phi) is 11.4. The predicted molar refractivity (Wildman–Crippen MR) is 151 cm³/mol. The first-order chi connectivity index (χ1) is 17.1. The molecule has 1 atom stereocenters. The number of aryl methyl sites for hydroxylation is 1. The Morgan fingerprint density at radius 3 is 1.97 bits per heavy atom. The van der Waals surface area contributed by atoms with E-state index >= 15 is 0 Å². The molecule has 0 aliphatic rings. The molecule has 2 nitrogen and oxygen atoms in total. The van der Waals surface area contributed by atoms with Gasteiger partial charge in [0.1, 0.15) is 5.75 Å². The summed E-state index contributed by atoms with van der Waals surface area (Å²) < 4.78 is 6.08. The molecule has 0 aromatic heterocycles. The average molecular weight is 489 g/mol. The topological polar surface area (TPSA) is 26.3 Å². The maximum Gasteiger partial charge on any atom is 0.224 e. The van der Waals surface area contributed by atoms with Crippen molar-refractivity contribution in [2.75, 3.05) is 0 Å². The van der Waals surface area contributed by atoms with Gasteiger partial charge in [0.15, 0.2) is 0 Å². The van der Waals surface area contributed by atoms with Gasteiger partial charge in [-0.05, 0) is 97.5 Å². The molecular weight excluding hydrogens is 448 g/mol. The summed E-state index contributed by atoms with van der Waals surface area (Å²) >= 11 is 1.30. The van der Waals surface area contributed by atoms with Gasteiger partial charge in [0.2, 0.25) is 5.12 Å². The first-order valence-electron chi connectivity index (χ1n) is 13.3. The lowest BCUT2D eigenvalue weighted by Crippen LogP contribution is -2.11. The van der Waals surface area contributed by atoms with Gasteiger partial charge in [-0.2, -0.15) is 0 Å². The molecule has 0 radical (unpaired) electrons. The number of carbonyl (C=O) groups excluding carboxylic acids is 1. The van der Waals surface area contributed by atoms with Crippen LogP contribution in [0.1, 0.15) is 88.1 Å². The van der Waals surface area contributed by atoms with Crippen LogP contribution in [0.5, 0.6) is 5.75 Å². The van der Waals surface area contributed by atoms with Crippen LogP contribution in [0.25, 0.3) is 11.1 Å². The summed E-state index contributed by atoms with van der Waals surface area (Å²) in [5.41, 5.74) is 4.29. The minimum atomic E-state index is 0.0759. The number of hydrogen-bond acceptors (Lipinski definition) is 3. The summed E-state index contributed by atoms with van der Waals surface area (Å²) in [6.45, 7) is 6.61. The second-order valence-corrected chi connectivity index (χ2v) is 10.4. The number of unbranched alkanes of at least 4 members (excludes halogenated alkanes) is 5. The molecule has 0 fully saturated rings. The van der Waals surface area contributed by atoms with Crippen molar-refractivity contribution in [1.29, 1.82) is 0 Å². The Hall–Kier alpha value is -2.52. The summed E-state index contributed by atoms with van der Waals surface area (Å²) in [4.78, 5) is 13.8. The van der Waals surface area contributed by atoms with Gasteiger partial charge in [0.25, 0.3) is 0 Å². The second kappa shape index (κ2) is 14.8. The minimum Gasteiger partial charge on any atom is -0.491 e. The number of thioether (sulfide) groups is 1. The molecule has 3 aromatic carbocycles. The van der Waals surface area contributed by atoms with E-state index in [4.69, 9.17) is 4.74 Å². The van der Waals surface area contributed by atoms with Crippen molar-refractivity contribution >= 4 is 16.9 Å². The molecule has 0 saturated heterocycles. The monoisotopic (exact) mass is 488 g/mol. The molecular formula is C32H40O2S. The fourth-order valence-electron chi connectivity index (χ4n) is 4.14. The van der Waals surface area contributed by atoms with Crippen molar-refractivity contribution < 1.29 is 9.53 Å². The normalized spacial score (nSPS) is 11.9. The van der Waals surface area contributed by atoms with Crippen LogP contribution in [0.3, 0.4) is 0 Å². The zero-order chi connectivity index (χ0) is 24.9. The van der Waals surface area contributed by atoms with Crippen molar-refractivity contribution in [3.8, 4) is 16.9 Å². The lowest BCUT2D eigenvalue weighted by Gasteiger charge is -2.15. The fourth-order valence-corrected chi connectivity index (χ4v) is 4.88. The molecule has 186 valence electrons. The lowest BCUT2D eigenvalue weighted by atomic mass is 10.0. The number of carbonyl (C=O) groups is 1. The molecule has 3 heteroatoms. The lowest BCUT2D eigenvalue weighted by molar-refractivity contribution is 0.108. The van der Waals surface area contributed by atoms with E-state index in [1.807, 2.05) is 36.4 Å². The van der Waals surface area contributed by atoms with Gasteiger partial charge in [-0.15, -0.1) is 0 Å². The maximum absolute atomic E-state index is 12.8. The average Bonchev–Trinajstić information content (AvgIpc) is 2.88. The third-order valence-corrected chi connectivity index (χ3v) is 7.24. The van der Waals surface area contributed by atoms with E-state index in [0.717, 1.165) is 40.2 Å². The third-order valence-electron chi connectivity index (χ3n) is 6.31. The van der Waals surface area contributed by atoms with Gasteiger partial charge in [0, 0.05) is 10.5 Å². The molecule has 0 heterocycles. The molecule has 0 aliphatic carbocycles. The molecule has 0 N–H and O–H groups in total. The Morgan fingerprint density at radius 2 is 1.34 bits per heavy atom. The third kappa shape index (κ3) is 9.22. The van der Waals surface area contributed by atoms with Crippen LogP contribution in [-0.4, -0.2) is 11.2 Å². The van der Waals surface area contributed by atoms with Gasteiger partial charge in [-0.1, -0.05) is 82.3 Å². The zero-order valence-electron chi connectivity index (χ0n) is 21.6. The standard InChI is InChI=1S/C32H40O2S/c1-4-6-8-10-11-25(3)34-30-21-19-28(20-22-30)27-15-17-29(18-16-27)32(33)35-31-23-13-26(14-24-31)12-9-7-5-2/h13-25H,4-12H2,1-3H3/t25-/m0/s1. The quantitative estimate of drug-likeness (QED) is 0.167. The molecule has 0 bridgehead atoms. The van der Waals surface area contributed by atoms with Crippen LogP contribution in [0, 0.1) is 0 Å². The first-order valence-corrected chi connectivity index (χ1v) is 14.1. The van der Waals surface area contributed by atoms with Crippen molar-refractivity contribution in [1.82, 2.24) is 0 Å². The van der Waals surface area contributed by atoms with E-state index in [2.05, 4.69) is 57.2 Å². The summed E-state index contributed by atoms with van der Waals surface area (Å²) in [7, 11) is 0. The number of benzene rings is 3. The molecule has 35 heavy (non-hydrogen) atoms. The van der Waals surface area contributed by atoms with Crippen LogP contribution in [0.2, 0.25) is 0 Å². The molecule has 3 aromatic rings. The van der Waals surface area contributed by atoms with E-state index in [-0.39, 0.29) is 11.2 Å². The van der Waals surface area contributed by atoms with Crippen molar-refractivity contribution in [2.45, 2.75) is 89.6 Å². The molecule has 0 saturated carbocycles. The van der Waals surface area contributed by atoms with Crippen LogP contribution in [0.15, 0.2) is 77.7 Å². The Bertz CT molecular complexity index is 1010. The van der Waals surface area contributed by atoms with Gasteiger partial charge in [-0.25, -0.2) is 0 Å². The molecule has 0 spiro atoms. The Balaban J connectivity index is 1.51. The summed E-state index contributed by atoms with van der Waals surface area (Å²) in [6.07, 6.45) is 11.2. The van der Waals surface area contributed by atoms with Crippen molar-refractivity contribution in [3.63, 3.8) is 0 Å². The van der Waals surface area contributed by atoms with Crippen LogP contribution >= 0.6 is 11.8 Å². The van der Waals surface area contributed by atoms with Gasteiger partial charge >= 0.3 is 0 Å². The highest BCUT2D eigenvalue weighted by atomic mass is 32.2. The van der Waals surface area contributed by atoms with E-state index in [1.54, 1.807) is 0 Å². The highest BCUT2D eigenvalue weighted by Crippen LogP contribution is 2.27. The molecule has 3 rings (SSSR count). The molecule has 0 amide bonds. The van der Waals surface area contributed by atoms with Gasteiger partial charge in [0.05, 0.1) is 6.10 Å². The van der Waals surface area contributed by atoms with Crippen molar-refractivity contribution in [2.24, 2.45) is 0 Å². The number of ether oxygens (including phenoxy) is 1. The highest BCUT2D eigenvalue weighted by Gasteiger charge is 2.10. The number of hydrogen-bond donors (Lipinski definition) is 0. The van der Waals surface area contributed by atoms with Gasteiger partial charge in [-0.3, -0.25) is 4.79 Å². The smallest absolute Gasteiger partial charge is 0.224 e. The molecule has 0 aliphatic heterocycles. The SMILES string of the molecule is CCCCCC[C@H](C)Oc1ccc(-c2ccc(C(=O)Sc3ccc(CCCCC)cc3)cc2)cc1. The summed E-state index contributed by atoms with van der Waals surface area (Å²) in [5, 5.41) is 0.0759. The first kappa shape index (κ1) is 27.1. The van der Waals surface area contributed by atoms with Crippen molar-refractivity contribution in [3.05, 3.63) is 83.9 Å². The highest BCUT2D eigenvalue weighted by molar-refractivity contribution is 8.14. The van der Waals surface area contributed by atoms with E-state index in [9.17, 15) is 4.79 Å². The Labute approximate surface area is 216 Å². The minimum absolute atomic E-state index is 0.0759. The second-order valence-electron chi connectivity index (χ2n) is 9.37. The van der Waals surface area contributed by atoms with Gasteiger partial charge < -0.3 is 4.74 Å². The van der Waals surface area contributed by atoms with E-state index < -0.39 is 0 Å². The maximum atomic E-state index is 12.8. The summed E-state index contributed by atoms with van der Waals surface area (Å²) in [5.74, 6) is 0.913. The van der Waals surface area contributed by atoms with Crippen LogP contribution in [0.4, 0.5) is 0 Å². The Morgan fingerprint density at radius 1 is 0.743 bits per heavy atom. The summed E-state index contributed by atoms with van der Waals surface area (Å²) in [6, 6.07) is 24.6. The number of rotatable bonds is 14. The molecule has 0 unspecified atom stereocenters. The largest absolute Gasteiger partial charge is 0.491 e. The van der Waals surface area contributed by atoms with E-state index in [0.29, 0.717) is 0 Å². The zero-order valence-corrected chi connectivity index (χ0v) is 22.4. The predicted octanol–water partition coefficient (Wildman–Crippen LogP) is 9.76. The fraction of sp³-hybridized carbons (Fsp3) is 0.406. The van der Waals surface area contributed by atoms with E-state index in [1.165, 1.54) is 62.3 Å². The van der Waals surface area contributed by atoms with Crippen LogP contribution < -0.4 is 4.74 Å².